The molecule has 0 aromatic carbocycles. The lowest BCUT2D eigenvalue weighted by molar-refractivity contribution is -0.185. The summed E-state index contributed by atoms with van der Waals surface area (Å²) in [4.78, 5) is 12.0. The number of hydrogen-bond donors (Lipinski definition) is 1. The molecule has 2 saturated heterocycles. The van der Waals surface area contributed by atoms with E-state index in [9.17, 15) is 9.90 Å². The summed E-state index contributed by atoms with van der Waals surface area (Å²) in [6.07, 6.45) is 3.98. The number of carbonyl (C=O) groups excluding carboxylic acids is 1. The Bertz CT molecular complexity index is 435. The fourth-order valence-corrected chi connectivity index (χ4v) is 4.25. The maximum atomic E-state index is 12.0. The van der Waals surface area contributed by atoms with Crippen LogP contribution in [0.1, 0.15) is 52.9 Å². The van der Waals surface area contributed by atoms with Crippen molar-refractivity contribution >= 4 is 5.97 Å². The zero-order chi connectivity index (χ0) is 16.6. The van der Waals surface area contributed by atoms with Crippen LogP contribution in [0.4, 0.5) is 0 Å². The minimum absolute atomic E-state index is 0.000396. The Hall–Kier alpha value is -0.650. The summed E-state index contributed by atoms with van der Waals surface area (Å²) in [6, 6.07) is 0. The van der Waals surface area contributed by atoms with E-state index in [1.165, 1.54) is 0 Å². The van der Waals surface area contributed by atoms with Gasteiger partial charge < -0.3 is 19.3 Å². The Morgan fingerprint density at radius 3 is 2.78 bits per heavy atom. The number of aliphatic hydroxyl groups is 1. The summed E-state index contributed by atoms with van der Waals surface area (Å²) in [5.74, 6) is 1.12. The molecule has 4 fully saturated rings. The van der Waals surface area contributed by atoms with Gasteiger partial charge in [0.2, 0.25) is 0 Å². The molecule has 4 bridgehead atoms. The van der Waals surface area contributed by atoms with E-state index in [0.29, 0.717) is 25.0 Å². The molecule has 2 saturated carbocycles. The van der Waals surface area contributed by atoms with Crippen LogP contribution in [0.2, 0.25) is 0 Å². The number of rotatable bonds is 7. The van der Waals surface area contributed by atoms with Crippen molar-refractivity contribution in [2.75, 3.05) is 13.2 Å². The molecule has 5 heteroatoms. The Morgan fingerprint density at radius 2 is 2.04 bits per heavy atom. The van der Waals surface area contributed by atoms with Crippen LogP contribution in [0.25, 0.3) is 0 Å². The number of ether oxygens (including phenoxy) is 3. The fourth-order valence-electron chi connectivity index (χ4n) is 4.25. The summed E-state index contributed by atoms with van der Waals surface area (Å²) < 4.78 is 17.2. The maximum Gasteiger partial charge on any atom is 0.309 e. The van der Waals surface area contributed by atoms with E-state index in [1.807, 2.05) is 20.8 Å². The Balaban J connectivity index is 1.48. The molecule has 5 nitrogen and oxygen atoms in total. The van der Waals surface area contributed by atoms with Crippen molar-refractivity contribution in [2.24, 2.45) is 23.2 Å². The molecule has 0 radical (unpaired) electrons. The van der Waals surface area contributed by atoms with Crippen LogP contribution in [0, 0.1) is 23.2 Å². The van der Waals surface area contributed by atoms with E-state index in [0.717, 1.165) is 32.1 Å². The monoisotopic (exact) mass is 326 g/mol. The van der Waals surface area contributed by atoms with Crippen LogP contribution in [0.5, 0.6) is 0 Å². The first-order valence-corrected chi connectivity index (χ1v) is 9.02. The number of aliphatic hydroxyl groups excluding tert-OH is 1. The first-order valence-electron chi connectivity index (χ1n) is 9.02. The molecule has 2 heterocycles. The molecule has 4 rings (SSSR count). The van der Waals surface area contributed by atoms with Crippen molar-refractivity contribution in [3.63, 3.8) is 0 Å². The lowest BCUT2D eigenvalue weighted by atomic mass is 9.67. The number of fused-ring (bicyclic) bond motifs is 1. The molecule has 0 aromatic rings. The van der Waals surface area contributed by atoms with E-state index in [2.05, 4.69) is 0 Å². The van der Waals surface area contributed by atoms with Gasteiger partial charge in [-0.2, -0.15) is 0 Å². The largest absolute Gasteiger partial charge is 0.459 e. The standard InChI is InChI=1S/C18H30O5/c1-4-18(2,3)17(20)22-6-5-21-15-12-7-11-8-13(10-12)16(19)23-14(15)9-11/h11-15,17,20H,4-10H2,1-3H3. The van der Waals surface area contributed by atoms with Crippen molar-refractivity contribution in [3.05, 3.63) is 0 Å². The molecule has 132 valence electrons. The minimum atomic E-state index is -0.782. The Kier molecular flexibility index (Phi) is 5.00. The van der Waals surface area contributed by atoms with Crippen LogP contribution < -0.4 is 0 Å². The molecule has 0 aromatic heterocycles. The number of carbonyl (C=O) groups is 1. The van der Waals surface area contributed by atoms with E-state index in [1.54, 1.807) is 0 Å². The van der Waals surface area contributed by atoms with E-state index < -0.39 is 6.29 Å². The molecular weight excluding hydrogens is 296 g/mol. The van der Waals surface area contributed by atoms with Crippen LogP contribution >= 0.6 is 0 Å². The van der Waals surface area contributed by atoms with Crippen molar-refractivity contribution in [1.82, 2.24) is 0 Å². The van der Waals surface area contributed by atoms with Gasteiger partial charge in [0.05, 0.1) is 25.2 Å². The van der Waals surface area contributed by atoms with Crippen molar-refractivity contribution in [2.45, 2.75) is 71.4 Å². The van der Waals surface area contributed by atoms with Crippen molar-refractivity contribution < 1.29 is 24.1 Å². The van der Waals surface area contributed by atoms with Crippen LogP contribution in [-0.4, -0.2) is 42.8 Å². The van der Waals surface area contributed by atoms with E-state index in [-0.39, 0.29) is 29.5 Å². The topological polar surface area (TPSA) is 65.0 Å². The molecule has 4 aliphatic rings. The molecule has 1 N–H and O–H groups in total. The van der Waals surface area contributed by atoms with E-state index in [4.69, 9.17) is 14.2 Å². The summed E-state index contributed by atoms with van der Waals surface area (Å²) >= 11 is 0. The van der Waals surface area contributed by atoms with E-state index >= 15 is 0 Å². The highest BCUT2D eigenvalue weighted by Gasteiger charge is 2.50. The lowest BCUT2D eigenvalue weighted by Crippen LogP contribution is -2.45. The third-order valence-corrected chi connectivity index (χ3v) is 6.09. The number of hydrogen-bond acceptors (Lipinski definition) is 5. The molecular formula is C18H30O5. The van der Waals surface area contributed by atoms with Crippen LogP contribution in [0.3, 0.4) is 0 Å². The van der Waals surface area contributed by atoms with Gasteiger partial charge in [0.1, 0.15) is 6.10 Å². The van der Waals surface area contributed by atoms with Gasteiger partial charge in [-0.25, -0.2) is 0 Å². The highest BCUT2D eigenvalue weighted by atomic mass is 16.6. The summed E-state index contributed by atoms with van der Waals surface area (Å²) in [6.45, 7) is 6.80. The molecule has 2 aliphatic heterocycles. The fraction of sp³-hybridized carbons (Fsp3) is 0.944. The Labute approximate surface area is 138 Å². The van der Waals surface area contributed by atoms with Crippen LogP contribution in [-0.2, 0) is 19.0 Å². The summed E-state index contributed by atoms with van der Waals surface area (Å²) in [5, 5.41) is 10.0. The third-order valence-electron chi connectivity index (χ3n) is 6.09. The summed E-state index contributed by atoms with van der Waals surface area (Å²) in [5.41, 5.74) is -0.254. The first-order chi connectivity index (χ1) is 10.9. The predicted octanol–water partition coefficient (Wildman–Crippen LogP) is 2.50. The predicted molar refractivity (Wildman–Crippen MR) is 84.6 cm³/mol. The molecule has 2 aliphatic carbocycles. The van der Waals surface area contributed by atoms with Gasteiger partial charge in [-0.1, -0.05) is 20.8 Å². The van der Waals surface area contributed by atoms with Gasteiger partial charge in [0.15, 0.2) is 6.29 Å². The highest BCUT2D eigenvalue weighted by molar-refractivity contribution is 5.73. The van der Waals surface area contributed by atoms with Gasteiger partial charge in [-0.05, 0) is 43.9 Å². The van der Waals surface area contributed by atoms with Crippen molar-refractivity contribution in [3.8, 4) is 0 Å². The SMILES string of the molecule is CCC(C)(C)C(O)OCCOC1C2CC3CC(C2)C(=O)OC1C3. The second kappa shape index (κ2) is 6.69. The molecule has 0 amide bonds. The first kappa shape index (κ1) is 17.2. The Morgan fingerprint density at radius 1 is 1.26 bits per heavy atom. The smallest absolute Gasteiger partial charge is 0.309 e. The van der Waals surface area contributed by atoms with Gasteiger partial charge in [0, 0.05) is 5.41 Å². The second-order valence-corrected chi connectivity index (χ2v) is 8.14. The van der Waals surface area contributed by atoms with Gasteiger partial charge in [-0.15, -0.1) is 0 Å². The molecule has 6 atom stereocenters. The average molecular weight is 326 g/mol. The normalized spacial score (nSPS) is 37.6. The lowest BCUT2D eigenvalue weighted by Gasteiger charge is -2.41. The maximum absolute atomic E-state index is 12.0. The second-order valence-electron chi connectivity index (χ2n) is 8.14. The zero-order valence-corrected chi connectivity index (χ0v) is 14.5. The minimum Gasteiger partial charge on any atom is -0.459 e. The molecule has 6 unspecified atom stereocenters. The van der Waals surface area contributed by atoms with Crippen molar-refractivity contribution in [1.29, 1.82) is 0 Å². The zero-order valence-electron chi connectivity index (χ0n) is 14.5. The molecule has 0 spiro atoms. The highest BCUT2D eigenvalue weighted by Crippen LogP contribution is 2.48. The average Bonchev–Trinajstić information content (AvgIpc) is 2.67. The quantitative estimate of drug-likeness (QED) is 0.442. The van der Waals surface area contributed by atoms with Gasteiger partial charge in [0.25, 0.3) is 0 Å². The number of esters is 1. The van der Waals surface area contributed by atoms with Crippen LogP contribution in [0.15, 0.2) is 0 Å². The van der Waals surface area contributed by atoms with Gasteiger partial charge in [-0.3, -0.25) is 4.79 Å². The third kappa shape index (κ3) is 3.57. The molecule has 23 heavy (non-hydrogen) atoms. The van der Waals surface area contributed by atoms with Gasteiger partial charge >= 0.3 is 5.97 Å². The summed E-state index contributed by atoms with van der Waals surface area (Å²) in [7, 11) is 0.